The fourth-order valence-electron chi connectivity index (χ4n) is 3.76. The largest absolute Gasteiger partial charge is 0.488 e. The number of hydrogen-bond acceptors (Lipinski definition) is 5. The second-order valence-electron chi connectivity index (χ2n) is 8.07. The molecule has 0 aromatic heterocycles. The third-order valence-electron chi connectivity index (χ3n) is 5.61. The molecule has 0 aliphatic carbocycles. The molecule has 2 aliphatic rings. The summed E-state index contributed by atoms with van der Waals surface area (Å²) in [6, 6.07) is 6.37. The van der Waals surface area contributed by atoms with Crippen LogP contribution in [0.25, 0.3) is 0 Å². The Morgan fingerprint density at radius 1 is 1.24 bits per heavy atom. The Morgan fingerprint density at radius 3 is 2.93 bits per heavy atom. The Kier molecular flexibility index (Phi) is 8.58. The van der Waals surface area contributed by atoms with Gasteiger partial charge in [-0.1, -0.05) is 12.1 Å². The second-order valence-corrected chi connectivity index (χ2v) is 8.07. The zero-order valence-corrected chi connectivity index (χ0v) is 18.2. The van der Waals surface area contributed by atoms with Gasteiger partial charge < -0.3 is 29.9 Å². The Hall–Kier alpha value is -1.83. The number of nitrogens with one attached hydrogen (secondary N) is 2. The van der Waals surface area contributed by atoms with Gasteiger partial charge in [0.05, 0.1) is 13.2 Å². The molecule has 7 heteroatoms. The van der Waals surface area contributed by atoms with Crippen molar-refractivity contribution in [3.63, 3.8) is 0 Å². The highest BCUT2D eigenvalue weighted by atomic mass is 16.5. The van der Waals surface area contributed by atoms with Gasteiger partial charge in [-0.15, -0.1) is 0 Å². The Bertz CT molecular complexity index is 661. The highest BCUT2D eigenvalue weighted by molar-refractivity contribution is 5.79. The number of nitrogens with zero attached hydrogens (tertiary/aromatic N) is 3. The normalized spacial score (nSPS) is 21.8. The van der Waals surface area contributed by atoms with Crippen LogP contribution in [-0.4, -0.2) is 88.4 Å². The van der Waals surface area contributed by atoms with Gasteiger partial charge in [0.15, 0.2) is 5.96 Å². The molecule has 0 spiro atoms. The van der Waals surface area contributed by atoms with Crippen LogP contribution in [0.15, 0.2) is 23.2 Å². The number of guanidine groups is 1. The lowest BCUT2D eigenvalue weighted by atomic mass is 10.1. The van der Waals surface area contributed by atoms with E-state index in [-0.39, 0.29) is 6.10 Å². The number of ether oxygens (including phenoxy) is 2. The molecule has 29 heavy (non-hydrogen) atoms. The van der Waals surface area contributed by atoms with Gasteiger partial charge in [0.25, 0.3) is 0 Å². The van der Waals surface area contributed by atoms with Crippen LogP contribution < -0.4 is 15.4 Å². The summed E-state index contributed by atoms with van der Waals surface area (Å²) in [5.74, 6) is 1.77. The van der Waals surface area contributed by atoms with E-state index in [1.165, 1.54) is 25.1 Å². The summed E-state index contributed by atoms with van der Waals surface area (Å²) >= 11 is 0. The van der Waals surface area contributed by atoms with E-state index in [9.17, 15) is 0 Å². The van der Waals surface area contributed by atoms with Crippen LogP contribution in [0, 0.1) is 6.92 Å². The summed E-state index contributed by atoms with van der Waals surface area (Å²) in [5, 5.41) is 6.87. The summed E-state index contributed by atoms with van der Waals surface area (Å²) in [6.07, 6.45) is 2.35. The average Bonchev–Trinajstić information content (AvgIpc) is 3.13. The zero-order chi connectivity index (χ0) is 20.5. The summed E-state index contributed by atoms with van der Waals surface area (Å²) in [4.78, 5) is 9.31. The van der Waals surface area contributed by atoms with E-state index >= 15 is 0 Å². The molecular weight excluding hydrogens is 366 g/mol. The standard InChI is InChI=1S/C22H37N5O2/c1-18-5-6-19(21(15-18)29-20-7-14-28-17-20)16-25-22(23-2)24-8-11-27-10-4-9-26(3)12-13-27/h5-6,15,20H,4,7-14,16-17H2,1-3H3,(H2,23,24,25). The summed E-state index contributed by atoms with van der Waals surface area (Å²) in [6.45, 7) is 10.8. The topological polar surface area (TPSA) is 61.4 Å². The quantitative estimate of drug-likeness (QED) is 0.531. The first kappa shape index (κ1) is 21.9. The number of benzene rings is 1. The van der Waals surface area contributed by atoms with Crippen molar-refractivity contribution in [2.45, 2.75) is 32.4 Å². The maximum Gasteiger partial charge on any atom is 0.191 e. The van der Waals surface area contributed by atoms with Crippen molar-refractivity contribution in [2.75, 3.05) is 66.6 Å². The maximum atomic E-state index is 6.20. The van der Waals surface area contributed by atoms with E-state index in [4.69, 9.17) is 9.47 Å². The molecule has 0 amide bonds. The molecule has 2 saturated heterocycles. The first-order valence-electron chi connectivity index (χ1n) is 10.8. The van der Waals surface area contributed by atoms with Crippen molar-refractivity contribution in [2.24, 2.45) is 4.99 Å². The number of likely N-dealkylation sites (N-methyl/N-ethyl adjacent to an activating group) is 1. The fraction of sp³-hybridized carbons (Fsp3) is 0.682. The minimum atomic E-state index is 0.153. The zero-order valence-electron chi connectivity index (χ0n) is 18.2. The van der Waals surface area contributed by atoms with Crippen LogP contribution in [0.4, 0.5) is 0 Å². The molecule has 2 fully saturated rings. The van der Waals surface area contributed by atoms with Crippen LogP contribution in [0.2, 0.25) is 0 Å². The third kappa shape index (κ3) is 7.17. The Morgan fingerprint density at radius 2 is 2.14 bits per heavy atom. The van der Waals surface area contributed by atoms with Crippen molar-refractivity contribution in [3.05, 3.63) is 29.3 Å². The lowest BCUT2D eigenvalue weighted by Gasteiger charge is -2.21. The smallest absolute Gasteiger partial charge is 0.191 e. The molecule has 3 rings (SSSR count). The van der Waals surface area contributed by atoms with Crippen LogP contribution in [-0.2, 0) is 11.3 Å². The van der Waals surface area contributed by atoms with Crippen molar-refractivity contribution < 1.29 is 9.47 Å². The lowest BCUT2D eigenvalue weighted by Crippen LogP contribution is -2.42. The highest BCUT2D eigenvalue weighted by Gasteiger charge is 2.19. The minimum Gasteiger partial charge on any atom is -0.488 e. The molecule has 162 valence electrons. The average molecular weight is 404 g/mol. The van der Waals surface area contributed by atoms with Crippen LogP contribution >= 0.6 is 0 Å². The molecule has 1 aromatic carbocycles. The molecule has 1 aromatic rings. The molecule has 2 heterocycles. The molecule has 0 radical (unpaired) electrons. The summed E-state index contributed by atoms with van der Waals surface area (Å²) in [7, 11) is 4.02. The van der Waals surface area contributed by atoms with Gasteiger partial charge in [0, 0.05) is 51.8 Å². The molecule has 1 atom stereocenters. The van der Waals surface area contributed by atoms with Gasteiger partial charge in [0.2, 0.25) is 0 Å². The van der Waals surface area contributed by atoms with Gasteiger partial charge >= 0.3 is 0 Å². The van der Waals surface area contributed by atoms with E-state index < -0.39 is 0 Å². The molecular formula is C22H37N5O2. The van der Waals surface area contributed by atoms with E-state index in [0.29, 0.717) is 13.2 Å². The molecule has 0 saturated carbocycles. The third-order valence-corrected chi connectivity index (χ3v) is 5.61. The van der Waals surface area contributed by atoms with Crippen molar-refractivity contribution in [3.8, 4) is 5.75 Å². The van der Waals surface area contributed by atoms with E-state index in [2.05, 4.69) is 57.6 Å². The minimum absolute atomic E-state index is 0.153. The van der Waals surface area contributed by atoms with Gasteiger partial charge in [-0.2, -0.15) is 0 Å². The Balaban J connectivity index is 1.46. The predicted molar refractivity (Wildman–Crippen MR) is 118 cm³/mol. The van der Waals surface area contributed by atoms with Crippen molar-refractivity contribution >= 4 is 5.96 Å². The van der Waals surface area contributed by atoms with Crippen molar-refractivity contribution in [1.29, 1.82) is 0 Å². The number of rotatable bonds is 7. The Labute approximate surface area is 175 Å². The van der Waals surface area contributed by atoms with Gasteiger partial charge in [-0.3, -0.25) is 4.99 Å². The first-order valence-corrected chi connectivity index (χ1v) is 10.8. The maximum absolute atomic E-state index is 6.20. The molecule has 2 N–H and O–H groups in total. The van der Waals surface area contributed by atoms with Gasteiger partial charge in [-0.25, -0.2) is 0 Å². The van der Waals surface area contributed by atoms with E-state index in [1.807, 2.05) is 7.05 Å². The molecule has 2 aliphatic heterocycles. The monoisotopic (exact) mass is 403 g/mol. The van der Waals surface area contributed by atoms with Crippen LogP contribution in [0.1, 0.15) is 24.0 Å². The molecule has 7 nitrogen and oxygen atoms in total. The number of aliphatic imine (C=N–C) groups is 1. The lowest BCUT2D eigenvalue weighted by molar-refractivity contribution is 0.140. The van der Waals surface area contributed by atoms with E-state index in [1.54, 1.807) is 0 Å². The highest BCUT2D eigenvalue weighted by Crippen LogP contribution is 2.23. The first-order chi connectivity index (χ1) is 14.1. The molecule has 1 unspecified atom stereocenters. The van der Waals surface area contributed by atoms with Crippen LogP contribution in [0.5, 0.6) is 5.75 Å². The number of aryl methyl sites for hydroxylation is 1. The number of hydrogen-bond donors (Lipinski definition) is 2. The summed E-state index contributed by atoms with van der Waals surface area (Å²) < 4.78 is 11.6. The van der Waals surface area contributed by atoms with Crippen molar-refractivity contribution in [1.82, 2.24) is 20.4 Å². The fourth-order valence-corrected chi connectivity index (χ4v) is 3.76. The van der Waals surface area contributed by atoms with Crippen LogP contribution in [0.3, 0.4) is 0 Å². The molecule has 0 bridgehead atoms. The second kappa shape index (κ2) is 11.4. The van der Waals surface area contributed by atoms with E-state index in [0.717, 1.165) is 56.5 Å². The van der Waals surface area contributed by atoms with Gasteiger partial charge in [-0.05, 0) is 45.1 Å². The predicted octanol–water partition coefficient (Wildman–Crippen LogP) is 1.47. The SMILES string of the molecule is CN=C(NCCN1CCCN(C)CC1)NCc1ccc(C)cc1OC1CCOC1. The summed E-state index contributed by atoms with van der Waals surface area (Å²) in [5.41, 5.74) is 2.34. The van der Waals surface area contributed by atoms with Gasteiger partial charge in [0.1, 0.15) is 11.9 Å².